The van der Waals surface area contributed by atoms with Gasteiger partial charge in [0.1, 0.15) is 20.2 Å². The van der Waals surface area contributed by atoms with Crippen LogP contribution in [0.2, 0.25) is 0 Å². The van der Waals surface area contributed by atoms with Gasteiger partial charge in [0.2, 0.25) is 10.0 Å². The molecule has 2 aromatic heterocycles. The smallest absolute Gasteiger partial charge is 0.416 e. The fraction of sp³-hybridized carbons (Fsp3) is 0.158. The van der Waals surface area contributed by atoms with Crippen LogP contribution in [0.15, 0.2) is 46.8 Å². The molecule has 0 aliphatic carbocycles. The Morgan fingerprint density at radius 1 is 1.22 bits per heavy atom. The number of alkyl halides is 6. The van der Waals surface area contributed by atoms with E-state index in [1.807, 2.05) is 0 Å². The van der Waals surface area contributed by atoms with Crippen molar-refractivity contribution in [2.45, 2.75) is 17.3 Å². The molecule has 1 unspecified atom stereocenters. The first kappa shape index (κ1) is 27.5. The molecule has 192 valence electrons. The minimum Gasteiger partial charge on any atom is -0.477 e. The summed E-state index contributed by atoms with van der Waals surface area (Å²) >= 11 is 6.15. The summed E-state index contributed by atoms with van der Waals surface area (Å²) < 4.78 is 85.2. The normalized spacial score (nSPS) is 16.2. The van der Waals surface area contributed by atoms with Gasteiger partial charge in [0.05, 0.1) is 17.5 Å². The molecule has 0 saturated carbocycles. The number of carboxylic acid groups (broad SMARTS) is 1. The molecule has 1 atom stereocenters. The van der Waals surface area contributed by atoms with Crippen LogP contribution in [0, 0.1) is 0 Å². The van der Waals surface area contributed by atoms with Gasteiger partial charge in [0.25, 0.3) is 6.43 Å². The summed E-state index contributed by atoms with van der Waals surface area (Å²) in [4.78, 5) is 25.8. The van der Waals surface area contributed by atoms with E-state index in [2.05, 4.69) is 10.1 Å². The van der Waals surface area contributed by atoms with Crippen molar-refractivity contribution < 1.29 is 45.1 Å². The molecule has 36 heavy (non-hydrogen) atoms. The molecular formula is C19H12ClF5N4O5S2. The van der Waals surface area contributed by atoms with Gasteiger partial charge in [0.15, 0.2) is 11.4 Å². The monoisotopic (exact) mass is 570 g/mol. The molecular weight excluding hydrogens is 559 g/mol. The summed E-state index contributed by atoms with van der Waals surface area (Å²) in [5.41, 5.74) is -2.18. The molecule has 0 bridgehead atoms. The summed E-state index contributed by atoms with van der Waals surface area (Å²) in [6.45, 7) is 0. The minimum atomic E-state index is -4.54. The molecule has 4 rings (SSSR count). The number of carbonyl (C=O) groups excluding carboxylic acids is 1. The van der Waals surface area contributed by atoms with E-state index in [1.165, 1.54) is 0 Å². The van der Waals surface area contributed by atoms with Gasteiger partial charge in [-0.15, -0.1) is 11.6 Å². The van der Waals surface area contributed by atoms with Crippen LogP contribution in [-0.4, -0.2) is 44.6 Å². The second kappa shape index (κ2) is 10.1. The van der Waals surface area contributed by atoms with Gasteiger partial charge in [-0.3, -0.25) is 4.79 Å². The first-order chi connectivity index (χ1) is 16.6. The summed E-state index contributed by atoms with van der Waals surface area (Å²) in [5.74, 6) is -1.84. The highest BCUT2D eigenvalue weighted by Crippen LogP contribution is 2.34. The van der Waals surface area contributed by atoms with E-state index >= 15 is 0 Å². The Balaban J connectivity index is 0.000000275. The van der Waals surface area contributed by atoms with E-state index in [0.29, 0.717) is 4.52 Å². The van der Waals surface area contributed by atoms with Gasteiger partial charge in [-0.05, 0) is 18.2 Å². The van der Waals surface area contributed by atoms with Gasteiger partial charge in [-0.1, -0.05) is 23.9 Å². The molecule has 0 radical (unpaired) electrons. The molecule has 0 fully saturated rings. The number of rotatable bonds is 4. The van der Waals surface area contributed by atoms with Crippen LogP contribution in [0.5, 0.6) is 0 Å². The molecule has 0 amide bonds. The lowest BCUT2D eigenvalue weighted by Gasteiger charge is -2.10. The lowest BCUT2D eigenvalue weighted by Crippen LogP contribution is -2.11. The predicted octanol–water partition coefficient (Wildman–Crippen LogP) is 4.05. The van der Waals surface area contributed by atoms with Crippen LogP contribution in [-0.2, 0) is 21.0 Å². The number of carbonyl (C=O) groups is 2. The zero-order valence-corrected chi connectivity index (χ0v) is 19.7. The molecule has 3 aromatic rings. The molecule has 0 saturated heterocycles. The third-order valence-corrected chi connectivity index (χ3v) is 7.38. The molecule has 1 aliphatic heterocycles. The first-order valence-electron chi connectivity index (χ1n) is 9.26. The molecule has 3 N–H and O–H groups in total. The standard InChI is InChI=1S/C15H8F5N3O2.C4H4ClNO3S2/c16-12(17)11-5-10(7-1-3-8(4-2-7)15(18,19)20)22-13-9(14(24)25)6-21-23(11)13;5-4-2(7)1-3(10-4)11(6,8)9/h1-6,12H,(H,24,25);1,4H,(H2,6,8,9). The first-order valence-corrected chi connectivity index (χ1v) is 12.1. The number of aromatic carboxylic acids is 1. The lowest BCUT2D eigenvalue weighted by atomic mass is 10.1. The quantitative estimate of drug-likeness (QED) is 0.353. The van der Waals surface area contributed by atoms with Gasteiger partial charge in [-0.2, -0.15) is 18.3 Å². The van der Waals surface area contributed by atoms with Crippen LogP contribution in [0.3, 0.4) is 0 Å². The molecule has 3 heterocycles. The highest BCUT2D eigenvalue weighted by atomic mass is 35.5. The molecule has 9 nitrogen and oxygen atoms in total. The number of thioether (sulfide) groups is 1. The van der Waals surface area contributed by atoms with Crippen molar-refractivity contribution in [3.05, 3.63) is 63.7 Å². The lowest BCUT2D eigenvalue weighted by molar-refractivity contribution is -0.137. The number of hydrogen-bond acceptors (Lipinski definition) is 7. The number of ketones is 1. The zero-order chi connectivity index (χ0) is 27.0. The van der Waals surface area contributed by atoms with E-state index in [9.17, 15) is 40.0 Å². The van der Waals surface area contributed by atoms with Crippen LogP contribution >= 0.6 is 23.4 Å². The Bertz CT molecular complexity index is 1470. The Hall–Kier alpha value is -3.08. The number of halogens is 6. The van der Waals surface area contributed by atoms with Crippen LogP contribution in [0.25, 0.3) is 16.9 Å². The van der Waals surface area contributed by atoms with Crippen molar-refractivity contribution in [2.24, 2.45) is 5.14 Å². The predicted molar refractivity (Wildman–Crippen MR) is 119 cm³/mol. The van der Waals surface area contributed by atoms with E-state index < -0.39 is 55.9 Å². The number of sulfonamides is 1. The highest BCUT2D eigenvalue weighted by Gasteiger charge is 2.31. The van der Waals surface area contributed by atoms with Gasteiger partial charge < -0.3 is 5.11 Å². The van der Waals surface area contributed by atoms with Crippen molar-refractivity contribution in [2.75, 3.05) is 0 Å². The maximum absolute atomic E-state index is 13.2. The number of carboxylic acids is 1. The minimum absolute atomic E-state index is 0.0838. The Morgan fingerprint density at radius 3 is 2.25 bits per heavy atom. The van der Waals surface area contributed by atoms with Crippen molar-refractivity contribution in [3.63, 3.8) is 0 Å². The molecule has 17 heteroatoms. The van der Waals surface area contributed by atoms with Crippen molar-refractivity contribution in [3.8, 4) is 11.3 Å². The fourth-order valence-corrected chi connectivity index (χ4v) is 4.98. The summed E-state index contributed by atoms with van der Waals surface area (Å²) in [6, 6.07) is 4.69. The van der Waals surface area contributed by atoms with Crippen LogP contribution < -0.4 is 5.14 Å². The van der Waals surface area contributed by atoms with E-state index in [-0.39, 0.29) is 21.1 Å². The van der Waals surface area contributed by atoms with Gasteiger partial charge >= 0.3 is 12.1 Å². The Labute approximate surface area is 207 Å². The highest BCUT2D eigenvalue weighted by molar-refractivity contribution is 8.19. The Morgan fingerprint density at radius 2 is 1.83 bits per heavy atom. The maximum Gasteiger partial charge on any atom is 0.416 e. The van der Waals surface area contributed by atoms with E-state index in [4.69, 9.17) is 21.8 Å². The van der Waals surface area contributed by atoms with E-state index in [1.54, 1.807) is 0 Å². The number of fused-ring (bicyclic) bond motifs is 1. The number of primary sulfonamides is 1. The number of allylic oxidation sites excluding steroid dienone is 1. The van der Waals surface area contributed by atoms with Gasteiger partial charge in [0, 0.05) is 11.6 Å². The number of nitrogens with two attached hydrogens (primary N) is 1. The topological polar surface area (TPSA) is 145 Å². The fourth-order valence-electron chi connectivity index (χ4n) is 2.80. The molecule has 0 spiro atoms. The van der Waals surface area contributed by atoms with E-state index in [0.717, 1.165) is 54.4 Å². The van der Waals surface area contributed by atoms with Crippen molar-refractivity contribution >= 4 is 50.8 Å². The van der Waals surface area contributed by atoms with Crippen molar-refractivity contribution in [1.29, 1.82) is 0 Å². The summed E-state index contributed by atoms with van der Waals surface area (Å²) in [6.07, 6.45) is -5.70. The second-order valence-electron chi connectivity index (χ2n) is 6.89. The third-order valence-electron chi connectivity index (χ3n) is 4.45. The zero-order valence-electron chi connectivity index (χ0n) is 17.3. The number of nitrogens with zero attached hydrogens (tertiary/aromatic N) is 3. The third kappa shape index (κ3) is 6.00. The average molecular weight is 571 g/mol. The Kier molecular flexibility index (Phi) is 7.73. The second-order valence-corrected chi connectivity index (χ2v) is 10.5. The average Bonchev–Trinajstić information content (AvgIpc) is 3.36. The number of hydrogen-bond donors (Lipinski definition) is 2. The summed E-state index contributed by atoms with van der Waals surface area (Å²) in [5, 5.41) is 17.4. The number of benzene rings is 1. The maximum atomic E-state index is 13.2. The van der Waals surface area contributed by atoms with Crippen molar-refractivity contribution in [1.82, 2.24) is 14.6 Å². The number of aromatic nitrogens is 3. The SMILES string of the molecule is NS(=O)(=O)C1=CC(=O)C(Cl)S1.O=C(O)c1cnn2c(C(F)F)cc(-c3ccc(C(F)(F)F)cc3)nc12. The van der Waals surface area contributed by atoms with Gasteiger partial charge in [-0.25, -0.2) is 36.6 Å². The van der Waals surface area contributed by atoms with Crippen LogP contribution in [0.1, 0.15) is 28.0 Å². The van der Waals surface area contributed by atoms with Crippen LogP contribution in [0.4, 0.5) is 22.0 Å². The summed E-state index contributed by atoms with van der Waals surface area (Å²) in [7, 11) is -3.75. The largest absolute Gasteiger partial charge is 0.477 e. The molecule has 1 aromatic carbocycles. The molecule has 1 aliphatic rings.